The fourth-order valence-corrected chi connectivity index (χ4v) is 3.40. The van der Waals surface area contributed by atoms with E-state index in [0.29, 0.717) is 17.9 Å². The molecule has 0 aliphatic heterocycles. The van der Waals surface area contributed by atoms with Crippen LogP contribution in [0.15, 0.2) is 53.0 Å². The number of anilines is 1. The molecule has 1 N–H and O–H groups in total. The van der Waals surface area contributed by atoms with Gasteiger partial charge in [-0.2, -0.15) is 5.10 Å². The minimum Gasteiger partial charge on any atom is -0.452 e. The van der Waals surface area contributed by atoms with E-state index in [2.05, 4.69) is 26.3 Å². The van der Waals surface area contributed by atoms with Gasteiger partial charge < -0.3 is 10.1 Å². The summed E-state index contributed by atoms with van der Waals surface area (Å²) in [6, 6.07) is 15.1. The maximum atomic E-state index is 12.5. The molecule has 0 fully saturated rings. The number of amides is 1. The lowest BCUT2D eigenvalue weighted by Crippen LogP contribution is -2.21. The van der Waals surface area contributed by atoms with Gasteiger partial charge in [-0.05, 0) is 47.5 Å². The largest absolute Gasteiger partial charge is 0.452 e. The predicted molar refractivity (Wildman–Crippen MR) is 115 cm³/mol. The first-order valence-corrected chi connectivity index (χ1v) is 10.0. The molecule has 1 aromatic heterocycles. The van der Waals surface area contributed by atoms with Gasteiger partial charge in [-0.25, -0.2) is 9.48 Å². The lowest BCUT2D eigenvalue weighted by molar-refractivity contribution is -0.119. The van der Waals surface area contributed by atoms with Gasteiger partial charge in [0.25, 0.3) is 5.91 Å². The number of ether oxygens (including phenoxy) is 1. The van der Waals surface area contributed by atoms with Crippen LogP contribution in [0, 0.1) is 13.8 Å². The van der Waals surface area contributed by atoms with Gasteiger partial charge in [0.05, 0.1) is 17.9 Å². The Morgan fingerprint density at radius 2 is 1.83 bits per heavy atom. The highest BCUT2D eigenvalue weighted by molar-refractivity contribution is 9.10. The topological polar surface area (TPSA) is 73.2 Å². The van der Waals surface area contributed by atoms with E-state index in [9.17, 15) is 9.59 Å². The van der Waals surface area contributed by atoms with Crippen molar-refractivity contribution in [3.8, 4) is 0 Å². The van der Waals surface area contributed by atoms with Gasteiger partial charge in [-0.3, -0.25) is 4.79 Å². The summed E-state index contributed by atoms with van der Waals surface area (Å²) in [6.45, 7) is 3.68. The minimum atomic E-state index is -0.690. The fraction of sp³-hybridized carbons (Fsp3) is 0.190. The number of aryl methyl sites for hydroxylation is 2. The number of rotatable bonds is 6. The monoisotopic (exact) mass is 475 g/mol. The standard InChI is InChI=1S/C21H19BrClN3O3/c1-13-7-9-15(10-8-13)11-26-20(23)19(14(2)25-26)21(28)29-12-18(27)24-17-6-4-3-5-16(17)22/h3-10H,11-12H2,1-2H3,(H,24,27). The molecule has 1 heterocycles. The molecule has 0 bridgehead atoms. The van der Waals surface area contributed by atoms with Crippen molar-refractivity contribution in [2.75, 3.05) is 11.9 Å². The highest BCUT2D eigenvalue weighted by Gasteiger charge is 2.22. The zero-order chi connectivity index (χ0) is 21.0. The molecule has 0 aliphatic carbocycles. The lowest BCUT2D eigenvalue weighted by Gasteiger charge is -2.08. The van der Waals surface area contributed by atoms with Crippen LogP contribution < -0.4 is 5.32 Å². The highest BCUT2D eigenvalue weighted by atomic mass is 79.9. The van der Waals surface area contributed by atoms with Gasteiger partial charge in [0, 0.05) is 4.47 Å². The lowest BCUT2D eigenvalue weighted by atomic mass is 10.1. The van der Waals surface area contributed by atoms with Crippen LogP contribution in [0.1, 0.15) is 27.2 Å². The van der Waals surface area contributed by atoms with Crippen molar-refractivity contribution in [1.82, 2.24) is 9.78 Å². The number of halogens is 2. The highest BCUT2D eigenvalue weighted by Crippen LogP contribution is 2.23. The predicted octanol–water partition coefficient (Wildman–Crippen LogP) is 4.76. The van der Waals surface area contributed by atoms with Crippen molar-refractivity contribution in [1.29, 1.82) is 0 Å². The van der Waals surface area contributed by atoms with E-state index in [-0.39, 0.29) is 10.7 Å². The molecule has 2 aromatic carbocycles. The van der Waals surface area contributed by atoms with Crippen molar-refractivity contribution in [3.05, 3.63) is 80.5 Å². The van der Waals surface area contributed by atoms with Crippen molar-refractivity contribution in [3.63, 3.8) is 0 Å². The number of carbonyl (C=O) groups excluding carboxylic acids is 2. The maximum absolute atomic E-state index is 12.5. The Morgan fingerprint density at radius 1 is 1.14 bits per heavy atom. The number of esters is 1. The summed E-state index contributed by atoms with van der Waals surface area (Å²) >= 11 is 9.71. The molecule has 29 heavy (non-hydrogen) atoms. The zero-order valence-electron chi connectivity index (χ0n) is 15.9. The number of para-hydroxylation sites is 1. The smallest absolute Gasteiger partial charge is 0.343 e. The van der Waals surface area contributed by atoms with Gasteiger partial charge in [0.15, 0.2) is 6.61 Å². The molecule has 0 radical (unpaired) electrons. The number of benzene rings is 2. The molecule has 1 amide bonds. The number of aromatic nitrogens is 2. The Bertz CT molecular complexity index is 1050. The third kappa shape index (κ3) is 5.25. The van der Waals surface area contributed by atoms with Crippen molar-refractivity contribution >= 4 is 45.1 Å². The normalized spacial score (nSPS) is 10.6. The number of carbonyl (C=O) groups is 2. The third-order valence-electron chi connectivity index (χ3n) is 4.20. The summed E-state index contributed by atoms with van der Waals surface area (Å²) in [5, 5.41) is 7.18. The van der Waals surface area contributed by atoms with Gasteiger partial charge >= 0.3 is 5.97 Å². The molecule has 0 unspecified atom stereocenters. The van der Waals surface area contributed by atoms with Gasteiger partial charge in [-0.15, -0.1) is 0 Å². The molecule has 150 valence electrons. The molecule has 6 nitrogen and oxygen atoms in total. The Kier molecular flexibility index (Phi) is 6.71. The summed E-state index contributed by atoms with van der Waals surface area (Å²) in [7, 11) is 0. The van der Waals surface area contributed by atoms with Crippen LogP contribution in [0.4, 0.5) is 5.69 Å². The van der Waals surface area contributed by atoms with Crippen LogP contribution >= 0.6 is 27.5 Å². The molecule has 8 heteroatoms. The number of hydrogen-bond donors (Lipinski definition) is 1. The van der Waals surface area contributed by atoms with Crippen LogP contribution in [0.2, 0.25) is 5.15 Å². The summed E-state index contributed by atoms with van der Waals surface area (Å²) in [6.07, 6.45) is 0. The first-order valence-electron chi connectivity index (χ1n) is 8.85. The first kappa shape index (κ1) is 21.1. The second-order valence-corrected chi connectivity index (χ2v) is 7.71. The molecule has 0 aliphatic rings. The van der Waals surface area contributed by atoms with E-state index < -0.39 is 18.5 Å². The summed E-state index contributed by atoms with van der Waals surface area (Å²) in [4.78, 5) is 24.6. The average molecular weight is 477 g/mol. The van der Waals surface area contributed by atoms with Crippen LogP contribution in [-0.2, 0) is 16.1 Å². The molecule has 3 aromatic rings. The Morgan fingerprint density at radius 3 is 2.52 bits per heavy atom. The molecule has 0 saturated carbocycles. The molecule has 0 spiro atoms. The number of nitrogens with zero attached hydrogens (tertiary/aromatic N) is 2. The van der Waals surface area contributed by atoms with Crippen LogP contribution in [0.3, 0.4) is 0 Å². The van der Waals surface area contributed by atoms with Crippen molar-refractivity contribution in [2.24, 2.45) is 0 Å². The van der Waals surface area contributed by atoms with Crippen molar-refractivity contribution in [2.45, 2.75) is 20.4 Å². The molecule has 0 atom stereocenters. The Balaban J connectivity index is 1.64. The summed E-state index contributed by atoms with van der Waals surface area (Å²) < 4.78 is 7.41. The van der Waals surface area contributed by atoms with E-state index >= 15 is 0 Å². The Hall–Kier alpha value is -2.64. The summed E-state index contributed by atoms with van der Waals surface area (Å²) in [5.74, 6) is -1.14. The zero-order valence-corrected chi connectivity index (χ0v) is 18.3. The van der Waals surface area contributed by atoms with Crippen LogP contribution in [0.25, 0.3) is 0 Å². The third-order valence-corrected chi connectivity index (χ3v) is 5.28. The average Bonchev–Trinajstić information content (AvgIpc) is 2.97. The van der Waals surface area contributed by atoms with Gasteiger partial charge in [-0.1, -0.05) is 53.6 Å². The second kappa shape index (κ2) is 9.24. The van der Waals surface area contributed by atoms with Crippen molar-refractivity contribution < 1.29 is 14.3 Å². The SMILES string of the molecule is Cc1ccc(Cn2nc(C)c(C(=O)OCC(=O)Nc3ccccc3Br)c2Cl)cc1. The van der Waals surface area contributed by atoms with Gasteiger partial charge in [0.2, 0.25) is 0 Å². The van der Waals surface area contributed by atoms with Crippen LogP contribution in [0.5, 0.6) is 0 Å². The maximum Gasteiger partial charge on any atom is 0.343 e. The first-order chi connectivity index (χ1) is 13.8. The number of hydrogen-bond acceptors (Lipinski definition) is 4. The molecular weight excluding hydrogens is 458 g/mol. The van der Waals surface area contributed by atoms with E-state index in [1.165, 1.54) is 0 Å². The Labute approximate surface area is 181 Å². The minimum absolute atomic E-state index is 0.160. The number of nitrogens with one attached hydrogen (secondary N) is 1. The van der Waals surface area contributed by atoms with E-state index in [1.807, 2.05) is 37.3 Å². The second-order valence-electron chi connectivity index (χ2n) is 6.50. The molecule has 3 rings (SSSR count). The van der Waals surface area contributed by atoms with Crippen LogP contribution in [-0.4, -0.2) is 28.3 Å². The quantitative estimate of drug-likeness (QED) is 0.521. The molecule has 0 saturated heterocycles. The van der Waals surface area contributed by atoms with E-state index in [1.54, 1.807) is 29.8 Å². The van der Waals surface area contributed by atoms with E-state index in [0.717, 1.165) is 15.6 Å². The van der Waals surface area contributed by atoms with E-state index in [4.69, 9.17) is 16.3 Å². The fourth-order valence-electron chi connectivity index (χ4n) is 2.71. The summed E-state index contributed by atoms with van der Waals surface area (Å²) in [5.41, 5.74) is 3.36. The molecular formula is C21H19BrClN3O3. The van der Waals surface area contributed by atoms with Gasteiger partial charge in [0.1, 0.15) is 10.7 Å².